The Morgan fingerprint density at radius 1 is 1.56 bits per heavy atom. The van der Waals surface area contributed by atoms with E-state index < -0.39 is 5.97 Å². The van der Waals surface area contributed by atoms with Crippen LogP contribution in [0.15, 0.2) is 23.8 Å². The van der Waals surface area contributed by atoms with Gasteiger partial charge < -0.3 is 0 Å². The van der Waals surface area contributed by atoms with Gasteiger partial charge in [0.05, 0.1) is 0 Å². The Morgan fingerprint density at radius 3 is 2.67 bits per heavy atom. The molecule has 0 aromatic heterocycles. The third-order valence-electron chi connectivity index (χ3n) is 1.28. The van der Waals surface area contributed by atoms with Crippen molar-refractivity contribution in [3.63, 3.8) is 0 Å². The van der Waals surface area contributed by atoms with Crippen LogP contribution < -0.4 is 0 Å². The molecule has 0 bridgehead atoms. The normalized spacial score (nSPS) is 17.1. The van der Waals surface area contributed by atoms with E-state index in [2.05, 4.69) is 0 Å². The van der Waals surface area contributed by atoms with Crippen molar-refractivity contribution in [3.8, 4) is 0 Å². The number of carbonyl (C=O) groups is 1. The summed E-state index contributed by atoms with van der Waals surface area (Å²) in [5.74, 6) is -1.04. The topological polar surface area (TPSA) is 37.0 Å². The molecule has 0 amide bonds. The maximum absolute atomic E-state index is 10.1. The predicted octanol–water partition coefficient (Wildman–Crippen LogP) is 1.22. The molecule has 0 spiro atoms. The van der Waals surface area contributed by atoms with Gasteiger partial charge in [-0.2, -0.15) is 0 Å². The van der Waals surface area contributed by atoms with Crippen LogP contribution in [-0.2, 0) is 9.90 Å². The van der Waals surface area contributed by atoms with Crippen LogP contribution in [0.1, 0.15) is 12.8 Å². The Labute approximate surface area is 53.5 Å². The molecule has 1 rings (SSSR count). The van der Waals surface area contributed by atoms with Crippen LogP contribution in [-0.4, -0.2) is 5.97 Å². The van der Waals surface area contributed by atoms with E-state index in [1.807, 2.05) is 6.08 Å². The Balaban J connectivity index is 2.68. The molecule has 1 radical (unpaired) electrons. The summed E-state index contributed by atoms with van der Waals surface area (Å²) in [7, 11) is 0. The molecule has 0 aromatic rings. The lowest BCUT2D eigenvalue weighted by Gasteiger charge is -1.99. The van der Waals surface area contributed by atoms with Crippen molar-refractivity contribution in [1.82, 2.24) is 0 Å². The van der Waals surface area contributed by atoms with E-state index in [1.165, 1.54) is 0 Å². The molecule has 0 fully saturated rings. The Hall–Kier alpha value is -1.05. The number of carbonyl (C=O) groups excluding carboxylic acids is 1. The molecule has 0 aromatic carbocycles. The van der Waals surface area contributed by atoms with Crippen molar-refractivity contribution < 1.29 is 9.90 Å². The van der Waals surface area contributed by atoms with Crippen molar-refractivity contribution in [3.05, 3.63) is 23.8 Å². The van der Waals surface area contributed by atoms with Gasteiger partial charge in [0, 0.05) is 5.57 Å². The van der Waals surface area contributed by atoms with E-state index in [4.69, 9.17) is 0 Å². The molecule has 0 aliphatic heterocycles. The zero-order valence-corrected chi connectivity index (χ0v) is 4.96. The van der Waals surface area contributed by atoms with Crippen molar-refractivity contribution in [1.29, 1.82) is 0 Å². The van der Waals surface area contributed by atoms with Crippen LogP contribution in [0, 0.1) is 0 Å². The molecular weight excluding hydrogens is 116 g/mol. The standard InChI is InChI=1S/C7H7O2/c8-7(9)6-4-2-1-3-5-6/h1-2,4H,3,5H2. The van der Waals surface area contributed by atoms with Gasteiger partial charge in [-0.25, -0.2) is 9.90 Å². The highest BCUT2D eigenvalue weighted by Gasteiger charge is 2.08. The molecule has 0 atom stereocenters. The Morgan fingerprint density at radius 2 is 2.33 bits per heavy atom. The second-order valence-electron chi connectivity index (χ2n) is 1.95. The Bertz CT molecular complexity index is 177. The largest absolute Gasteiger partial charge is 0.382 e. The van der Waals surface area contributed by atoms with Gasteiger partial charge in [-0.1, -0.05) is 18.2 Å². The zero-order valence-electron chi connectivity index (χ0n) is 4.96. The molecule has 0 saturated heterocycles. The van der Waals surface area contributed by atoms with E-state index in [0.717, 1.165) is 6.42 Å². The molecule has 2 heteroatoms. The van der Waals surface area contributed by atoms with E-state index >= 15 is 0 Å². The number of hydrogen-bond acceptors (Lipinski definition) is 1. The smallest absolute Gasteiger partial charge is 0.242 e. The molecule has 0 saturated carbocycles. The van der Waals surface area contributed by atoms with Crippen molar-refractivity contribution in [2.45, 2.75) is 12.8 Å². The van der Waals surface area contributed by atoms with Gasteiger partial charge in [-0.3, -0.25) is 0 Å². The molecule has 1 aliphatic rings. The third-order valence-corrected chi connectivity index (χ3v) is 1.28. The highest BCUT2D eigenvalue weighted by molar-refractivity contribution is 5.86. The minimum absolute atomic E-state index is 0.400. The van der Waals surface area contributed by atoms with E-state index in [9.17, 15) is 9.90 Å². The molecule has 47 valence electrons. The van der Waals surface area contributed by atoms with Gasteiger partial charge in [0.2, 0.25) is 0 Å². The second-order valence-corrected chi connectivity index (χ2v) is 1.95. The summed E-state index contributed by atoms with van der Waals surface area (Å²) in [6.45, 7) is 0. The number of hydrogen-bond donors (Lipinski definition) is 0. The fourth-order valence-corrected chi connectivity index (χ4v) is 0.773. The average Bonchev–Trinajstić information content (AvgIpc) is 1.90. The van der Waals surface area contributed by atoms with Crippen LogP contribution in [0.25, 0.3) is 0 Å². The monoisotopic (exact) mass is 123 g/mol. The van der Waals surface area contributed by atoms with Crippen molar-refractivity contribution in [2.75, 3.05) is 0 Å². The zero-order chi connectivity index (χ0) is 6.69. The molecule has 1 aliphatic carbocycles. The van der Waals surface area contributed by atoms with Gasteiger partial charge >= 0.3 is 5.97 Å². The SMILES string of the molecule is [O]C(=O)C1=CC=CCC1. The van der Waals surface area contributed by atoms with Crippen LogP contribution >= 0.6 is 0 Å². The van der Waals surface area contributed by atoms with Crippen LogP contribution in [0.3, 0.4) is 0 Å². The fraction of sp³-hybridized carbons (Fsp3) is 0.286. The van der Waals surface area contributed by atoms with Crippen molar-refractivity contribution >= 4 is 5.97 Å². The first-order valence-corrected chi connectivity index (χ1v) is 2.88. The van der Waals surface area contributed by atoms with Gasteiger partial charge in [0.1, 0.15) is 0 Å². The van der Waals surface area contributed by atoms with Gasteiger partial charge in [0.25, 0.3) is 0 Å². The summed E-state index contributed by atoms with van der Waals surface area (Å²) in [4.78, 5) is 10.1. The van der Waals surface area contributed by atoms with Gasteiger partial charge in [-0.15, -0.1) is 0 Å². The Kier molecular flexibility index (Phi) is 1.68. The molecule has 2 nitrogen and oxygen atoms in total. The maximum atomic E-state index is 10.1. The second kappa shape index (κ2) is 2.49. The highest BCUT2D eigenvalue weighted by Crippen LogP contribution is 2.10. The molecular formula is C7H7O2. The number of rotatable bonds is 1. The van der Waals surface area contributed by atoms with E-state index in [1.54, 1.807) is 12.2 Å². The lowest BCUT2D eigenvalue weighted by molar-refractivity contribution is -0.138. The summed E-state index contributed by atoms with van der Waals surface area (Å²) < 4.78 is 0. The summed E-state index contributed by atoms with van der Waals surface area (Å²) in [6, 6.07) is 0. The summed E-state index contributed by atoms with van der Waals surface area (Å²) >= 11 is 0. The fourth-order valence-electron chi connectivity index (χ4n) is 0.773. The molecule has 0 N–H and O–H groups in total. The predicted molar refractivity (Wildman–Crippen MR) is 32.2 cm³/mol. The minimum atomic E-state index is -1.04. The van der Waals surface area contributed by atoms with Crippen LogP contribution in [0.5, 0.6) is 0 Å². The van der Waals surface area contributed by atoms with Crippen LogP contribution in [0.2, 0.25) is 0 Å². The first-order chi connectivity index (χ1) is 4.30. The number of allylic oxidation sites excluding steroid dienone is 3. The first-order valence-electron chi connectivity index (χ1n) is 2.88. The van der Waals surface area contributed by atoms with Crippen molar-refractivity contribution in [2.24, 2.45) is 0 Å². The summed E-state index contributed by atoms with van der Waals surface area (Å²) in [6.07, 6.45) is 6.69. The molecule has 0 heterocycles. The summed E-state index contributed by atoms with van der Waals surface area (Å²) in [5, 5.41) is 10.1. The highest BCUT2D eigenvalue weighted by atomic mass is 16.4. The van der Waals surface area contributed by atoms with Crippen LogP contribution in [0.4, 0.5) is 0 Å². The van der Waals surface area contributed by atoms with E-state index in [-0.39, 0.29) is 0 Å². The third kappa shape index (κ3) is 1.42. The maximum Gasteiger partial charge on any atom is 0.382 e. The minimum Gasteiger partial charge on any atom is -0.242 e. The molecule has 0 unspecified atom stereocenters. The quantitative estimate of drug-likeness (QED) is 0.516. The lowest BCUT2D eigenvalue weighted by Crippen LogP contribution is -1.99. The first kappa shape index (κ1) is 6.08. The summed E-state index contributed by atoms with van der Waals surface area (Å²) in [5.41, 5.74) is 0.400. The van der Waals surface area contributed by atoms with Gasteiger partial charge in [-0.05, 0) is 12.8 Å². The lowest BCUT2D eigenvalue weighted by atomic mass is 10.1. The van der Waals surface area contributed by atoms with Gasteiger partial charge in [0.15, 0.2) is 0 Å². The molecule has 9 heavy (non-hydrogen) atoms. The van der Waals surface area contributed by atoms with E-state index in [0.29, 0.717) is 12.0 Å². The average molecular weight is 123 g/mol.